The van der Waals surface area contributed by atoms with Crippen LogP contribution in [0.15, 0.2) is 22.6 Å². The summed E-state index contributed by atoms with van der Waals surface area (Å²) in [5.41, 5.74) is 0.936. The fraction of sp³-hybridized carbons (Fsp3) is 0.333. The number of nitrogens with zero attached hydrogens (tertiary/aromatic N) is 2. The highest BCUT2D eigenvalue weighted by molar-refractivity contribution is 5.93. The normalized spacial score (nSPS) is 10.4. The molecule has 122 valence electrons. The van der Waals surface area contributed by atoms with Gasteiger partial charge in [-0.1, -0.05) is 6.07 Å². The SMILES string of the molecule is Cc1ccc(F)c(NC(=O)CCC(=O)NCc2nnc(C)o2)c1. The van der Waals surface area contributed by atoms with Crippen molar-refractivity contribution in [3.63, 3.8) is 0 Å². The van der Waals surface area contributed by atoms with Gasteiger partial charge in [0.05, 0.1) is 12.2 Å². The molecular weight excluding hydrogens is 303 g/mol. The van der Waals surface area contributed by atoms with Gasteiger partial charge < -0.3 is 15.1 Å². The summed E-state index contributed by atoms with van der Waals surface area (Å²) in [5, 5.41) is 12.4. The van der Waals surface area contributed by atoms with E-state index in [0.29, 0.717) is 11.8 Å². The van der Waals surface area contributed by atoms with Gasteiger partial charge in [-0.15, -0.1) is 10.2 Å². The third-order valence-corrected chi connectivity index (χ3v) is 2.98. The number of rotatable bonds is 6. The Kier molecular flexibility index (Phi) is 5.40. The highest BCUT2D eigenvalue weighted by atomic mass is 19.1. The van der Waals surface area contributed by atoms with Gasteiger partial charge >= 0.3 is 0 Å². The maximum atomic E-state index is 13.5. The molecule has 1 aromatic carbocycles. The Labute approximate surface area is 132 Å². The Hall–Kier alpha value is -2.77. The van der Waals surface area contributed by atoms with E-state index in [1.807, 2.05) is 0 Å². The van der Waals surface area contributed by atoms with E-state index in [4.69, 9.17) is 4.42 Å². The average molecular weight is 320 g/mol. The van der Waals surface area contributed by atoms with E-state index in [-0.39, 0.29) is 31.0 Å². The van der Waals surface area contributed by atoms with Gasteiger partial charge in [0.2, 0.25) is 23.6 Å². The van der Waals surface area contributed by atoms with E-state index in [1.54, 1.807) is 19.9 Å². The second kappa shape index (κ2) is 7.48. The maximum absolute atomic E-state index is 13.5. The standard InChI is InChI=1S/C15H17FN4O3/c1-9-3-4-11(16)12(7-9)18-14(22)6-5-13(21)17-8-15-20-19-10(2)23-15/h3-4,7H,5-6,8H2,1-2H3,(H,17,21)(H,18,22). The van der Waals surface area contributed by atoms with E-state index in [9.17, 15) is 14.0 Å². The summed E-state index contributed by atoms with van der Waals surface area (Å²) >= 11 is 0. The van der Waals surface area contributed by atoms with Crippen LogP contribution in [0.3, 0.4) is 0 Å². The predicted molar refractivity (Wildman–Crippen MR) is 79.9 cm³/mol. The third kappa shape index (κ3) is 5.17. The minimum absolute atomic E-state index is 0.0214. The first-order valence-corrected chi connectivity index (χ1v) is 7.05. The quantitative estimate of drug-likeness (QED) is 0.847. The topological polar surface area (TPSA) is 97.1 Å². The number of hydrogen-bond donors (Lipinski definition) is 2. The van der Waals surface area contributed by atoms with Crippen LogP contribution in [0, 0.1) is 19.7 Å². The minimum atomic E-state index is -0.514. The predicted octanol–water partition coefficient (Wildman–Crippen LogP) is 1.86. The third-order valence-electron chi connectivity index (χ3n) is 2.98. The fourth-order valence-corrected chi connectivity index (χ4v) is 1.85. The average Bonchev–Trinajstić information content (AvgIpc) is 2.92. The van der Waals surface area contributed by atoms with E-state index in [0.717, 1.165) is 5.56 Å². The first-order valence-electron chi connectivity index (χ1n) is 7.05. The molecule has 0 aliphatic rings. The monoisotopic (exact) mass is 320 g/mol. The molecule has 0 spiro atoms. The lowest BCUT2D eigenvalue weighted by atomic mass is 10.2. The lowest BCUT2D eigenvalue weighted by molar-refractivity contribution is -0.124. The van der Waals surface area contributed by atoms with Crippen LogP contribution < -0.4 is 10.6 Å². The Balaban J connectivity index is 1.75. The Morgan fingerprint density at radius 2 is 1.91 bits per heavy atom. The van der Waals surface area contributed by atoms with Crippen molar-refractivity contribution in [3.8, 4) is 0 Å². The molecule has 8 heteroatoms. The van der Waals surface area contributed by atoms with Crippen molar-refractivity contribution in [3.05, 3.63) is 41.4 Å². The molecule has 2 rings (SSSR count). The number of anilines is 1. The molecule has 0 fully saturated rings. The molecule has 2 amide bonds. The smallest absolute Gasteiger partial charge is 0.235 e. The molecule has 1 heterocycles. The van der Waals surface area contributed by atoms with Crippen LogP contribution in [0.4, 0.5) is 10.1 Å². The number of benzene rings is 1. The Morgan fingerprint density at radius 3 is 2.61 bits per heavy atom. The molecule has 0 radical (unpaired) electrons. The molecule has 0 saturated heterocycles. The molecule has 2 aromatic rings. The van der Waals surface area contributed by atoms with Gasteiger partial charge in [0.15, 0.2) is 0 Å². The van der Waals surface area contributed by atoms with Gasteiger partial charge in [-0.3, -0.25) is 9.59 Å². The van der Waals surface area contributed by atoms with Crippen LogP contribution in [0.25, 0.3) is 0 Å². The van der Waals surface area contributed by atoms with Gasteiger partial charge in [0.1, 0.15) is 5.82 Å². The number of aryl methyl sites for hydroxylation is 2. The van der Waals surface area contributed by atoms with Crippen molar-refractivity contribution in [2.24, 2.45) is 0 Å². The molecular formula is C15H17FN4O3. The summed E-state index contributed by atoms with van der Waals surface area (Å²) in [6, 6.07) is 4.42. The number of carbonyl (C=O) groups excluding carboxylic acids is 2. The van der Waals surface area contributed by atoms with Gasteiger partial charge in [-0.25, -0.2) is 4.39 Å². The van der Waals surface area contributed by atoms with Gasteiger partial charge in [-0.05, 0) is 24.6 Å². The number of carbonyl (C=O) groups is 2. The lowest BCUT2D eigenvalue weighted by Crippen LogP contribution is -2.24. The number of hydrogen-bond acceptors (Lipinski definition) is 5. The van der Waals surface area contributed by atoms with Crippen molar-refractivity contribution in [1.29, 1.82) is 0 Å². The van der Waals surface area contributed by atoms with Crippen LogP contribution in [0.5, 0.6) is 0 Å². The zero-order valence-corrected chi connectivity index (χ0v) is 12.9. The van der Waals surface area contributed by atoms with Crippen LogP contribution in [0.1, 0.15) is 30.2 Å². The molecule has 23 heavy (non-hydrogen) atoms. The summed E-state index contributed by atoms with van der Waals surface area (Å²) < 4.78 is 18.6. The van der Waals surface area contributed by atoms with Gasteiger partial charge in [-0.2, -0.15) is 0 Å². The van der Waals surface area contributed by atoms with E-state index in [1.165, 1.54) is 12.1 Å². The van der Waals surface area contributed by atoms with Crippen LogP contribution >= 0.6 is 0 Å². The molecule has 0 aliphatic heterocycles. The van der Waals surface area contributed by atoms with Crippen LogP contribution in [-0.4, -0.2) is 22.0 Å². The molecule has 1 aromatic heterocycles. The summed E-state index contributed by atoms with van der Waals surface area (Å²) in [4.78, 5) is 23.4. The number of aromatic nitrogens is 2. The second-order valence-electron chi connectivity index (χ2n) is 5.02. The van der Waals surface area contributed by atoms with Crippen molar-refractivity contribution >= 4 is 17.5 Å². The fourth-order valence-electron chi connectivity index (χ4n) is 1.85. The molecule has 7 nitrogen and oxygen atoms in total. The first-order chi connectivity index (χ1) is 10.9. The first kappa shape index (κ1) is 16.6. The van der Waals surface area contributed by atoms with E-state index >= 15 is 0 Å². The number of nitrogens with one attached hydrogen (secondary N) is 2. The molecule has 0 unspecified atom stereocenters. The van der Waals surface area contributed by atoms with Crippen molar-refractivity contribution in [2.75, 3.05) is 5.32 Å². The molecule has 2 N–H and O–H groups in total. The lowest BCUT2D eigenvalue weighted by Gasteiger charge is -2.07. The van der Waals surface area contributed by atoms with Crippen LogP contribution in [0.2, 0.25) is 0 Å². The van der Waals surface area contributed by atoms with Gasteiger partial charge in [0, 0.05) is 19.8 Å². The Bertz CT molecular complexity index is 714. The summed E-state index contributed by atoms with van der Waals surface area (Å²) in [6.07, 6.45) is -0.0749. The van der Waals surface area contributed by atoms with Crippen molar-refractivity contribution in [1.82, 2.24) is 15.5 Å². The zero-order valence-electron chi connectivity index (χ0n) is 12.9. The van der Waals surface area contributed by atoms with Crippen LogP contribution in [-0.2, 0) is 16.1 Å². The summed E-state index contributed by atoms with van der Waals surface area (Å²) in [5.74, 6) is -0.574. The summed E-state index contributed by atoms with van der Waals surface area (Å²) in [6.45, 7) is 3.54. The van der Waals surface area contributed by atoms with Crippen molar-refractivity contribution in [2.45, 2.75) is 33.2 Å². The van der Waals surface area contributed by atoms with E-state index in [2.05, 4.69) is 20.8 Å². The number of amides is 2. The highest BCUT2D eigenvalue weighted by Gasteiger charge is 2.11. The molecule has 0 saturated carbocycles. The highest BCUT2D eigenvalue weighted by Crippen LogP contribution is 2.15. The molecule has 0 aliphatic carbocycles. The Morgan fingerprint density at radius 1 is 1.17 bits per heavy atom. The molecule has 0 bridgehead atoms. The molecule has 0 atom stereocenters. The zero-order chi connectivity index (χ0) is 16.8. The largest absolute Gasteiger partial charge is 0.424 e. The minimum Gasteiger partial charge on any atom is -0.424 e. The van der Waals surface area contributed by atoms with E-state index < -0.39 is 11.7 Å². The number of halogens is 1. The summed E-state index contributed by atoms with van der Waals surface area (Å²) in [7, 11) is 0. The second-order valence-corrected chi connectivity index (χ2v) is 5.02. The maximum Gasteiger partial charge on any atom is 0.235 e. The van der Waals surface area contributed by atoms with Gasteiger partial charge in [0.25, 0.3) is 0 Å². The van der Waals surface area contributed by atoms with Crippen molar-refractivity contribution < 1.29 is 18.4 Å².